The second-order valence-corrected chi connectivity index (χ2v) is 5.67. The molecular weight excluding hydrogens is 325 g/mol. The van der Waals surface area contributed by atoms with Gasteiger partial charge in [0.15, 0.2) is 0 Å². The molecule has 2 atom stereocenters. The standard InChI is InChI=1S/C18H16FN3O3/c1-11(16(23)20-14-9-7-13(19)8-10-14)22-17(24)15(21-18(22)25)12-5-3-2-4-6-12/h2-11,15H,1H3,(H,20,23)(H,21,25). The molecule has 25 heavy (non-hydrogen) atoms. The molecule has 3 rings (SSSR count). The summed E-state index contributed by atoms with van der Waals surface area (Å²) in [6, 6.07) is 11.6. The molecule has 1 heterocycles. The number of carbonyl (C=O) groups excluding carboxylic acids is 3. The van der Waals surface area contributed by atoms with Crippen LogP contribution in [0.4, 0.5) is 14.9 Å². The van der Waals surface area contributed by atoms with Gasteiger partial charge in [-0.15, -0.1) is 0 Å². The highest BCUT2D eigenvalue weighted by molar-refractivity contribution is 6.09. The van der Waals surface area contributed by atoms with E-state index >= 15 is 0 Å². The summed E-state index contributed by atoms with van der Waals surface area (Å²) in [5, 5.41) is 5.15. The van der Waals surface area contributed by atoms with Crippen LogP contribution in [-0.4, -0.2) is 28.8 Å². The number of halogens is 1. The minimum Gasteiger partial charge on any atom is -0.324 e. The predicted octanol–water partition coefficient (Wildman–Crippen LogP) is 2.45. The van der Waals surface area contributed by atoms with E-state index in [2.05, 4.69) is 10.6 Å². The zero-order chi connectivity index (χ0) is 18.0. The van der Waals surface area contributed by atoms with E-state index in [1.807, 2.05) is 0 Å². The molecular formula is C18H16FN3O3. The van der Waals surface area contributed by atoms with Crippen molar-refractivity contribution in [2.75, 3.05) is 5.32 Å². The zero-order valence-electron chi connectivity index (χ0n) is 13.4. The van der Waals surface area contributed by atoms with Crippen molar-refractivity contribution in [3.63, 3.8) is 0 Å². The van der Waals surface area contributed by atoms with Crippen LogP contribution in [0.1, 0.15) is 18.5 Å². The Morgan fingerprint density at radius 1 is 1.12 bits per heavy atom. The number of rotatable bonds is 4. The van der Waals surface area contributed by atoms with Crippen LogP contribution in [0, 0.1) is 5.82 Å². The van der Waals surface area contributed by atoms with E-state index in [0.717, 1.165) is 4.90 Å². The van der Waals surface area contributed by atoms with E-state index in [1.54, 1.807) is 30.3 Å². The maximum absolute atomic E-state index is 12.9. The van der Waals surface area contributed by atoms with Gasteiger partial charge in [0, 0.05) is 5.69 Å². The highest BCUT2D eigenvalue weighted by atomic mass is 19.1. The number of carbonyl (C=O) groups is 3. The second kappa shape index (κ2) is 6.72. The molecule has 2 aromatic carbocycles. The van der Waals surface area contributed by atoms with E-state index < -0.39 is 35.7 Å². The average molecular weight is 341 g/mol. The third kappa shape index (κ3) is 3.35. The molecule has 1 saturated heterocycles. The maximum atomic E-state index is 12.9. The Balaban J connectivity index is 1.74. The van der Waals surface area contributed by atoms with Gasteiger partial charge in [-0.1, -0.05) is 30.3 Å². The fourth-order valence-electron chi connectivity index (χ4n) is 2.63. The molecule has 0 aromatic heterocycles. The van der Waals surface area contributed by atoms with E-state index in [-0.39, 0.29) is 0 Å². The summed E-state index contributed by atoms with van der Waals surface area (Å²) in [6.07, 6.45) is 0. The van der Waals surface area contributed by atoms with Crippen molar-refractivity contribution in [3.8, 4) is 0 Å². The third-order valence-electron chi connectivity index (χ3n) is 3.98. The third-order valence-corrected chi connectivity index (χ3v) is 3.98. The van der Waals surface area contributed by atoms with Gasteiger partial charge >= 0.3 is 6.03 Å². The van der Waals surface area contributed by atoms with Crippen LogP contribution >= 0.6 is 0 Å². The monoisotopic (exact) mass is 341 g/mol. The van der Waals surface area contributed by atoms with Crippen LogP contribution < -0.4 is 10.6 Å². The van der Waals surface area contributed by atoms with Crippen molar-refractivity contribution < 1.29 is 18.8 Å². The molecule has 0 bridgehead atoms. The number of nitrogens with zero attached hydrogens (tertiary/aromatic N) is 1. The van der Waals surface area contributed by atoms with E-state index in [4.69, 9.17) is 0 Å². The Morgan fingerprint density at radius 3 is 2.40 bits per heavy atom. The molecule has 0 aliphatic carbocycles. The Hall–Kier alpha value is -3.22. The summed E-state index contributed by atoms with van der Waals surface area (Å²) in [6.45, 7) is 1.46. The second-order valence-electron chi connectivity index (χ2n) is 5.67. The van der Waals surface area contributed by atoms with E-state index in [1.165, 1.54) is 31.2 Å². The first kappa shape index (κ1) is 16.6. The fourth-order valence-corrected chi connectivity index (χ4v) is 2.63. The summed E-state index contributed by atoms with van der Waals surface area (Å²) in [5.41, 5.74) is 1.03. The summed E-state index contributed by atoms with van der Waals surface area (Å²) >= 11 is 0. The fraction of sp³-hybridized carbons (Fsp3) is 0.167. The normalized spacial score (nSPS) is 18.0. The van der Waals surface area contributed by atoms with Gasteiger partial charge in [0.25, 0.3) is 5.91 Å². The quantitative estimate of drug-likeness (QED) is 0.839. The number of hydrogen-bond acceptors (Lipinski definition) is 3. The highest BCUT2D eigenvalue weighted by Crippen LogP contribution is 2.24. The van der Waals surface area contributed by atoms with Gasteiger partial charge < -0.3 is 10.6 Å². The Bertz CT molecular complexity index is 808. The molecule has 7 heteroatoms. The molecule has 1 fully saturated rings. The number of anilines is 1. The lowest BCUT2D eigenvalue weighted by molar-refractivity contribution is -0.133. The minimum atomic E-state index is -1.01. The number of benzene rings is 2. The molecule has 0 radical (unpaired) electrons. The van der Waals surface area contributed by atoms with E-state index in [0.29, 0.717) is 11.3 Å². The number of imide groups is 1. The highest BCUT2D eigenvalue weighted by Gasteiger charge is 2.43. The first-order valence-electron chi connectivity index (χ1n) is 7.72. The molecule has 6 nitrogen and oxygen atoms in total. The zero-order valence-corrected chi connectivity index (χ0v) is 13.4. The van der Waals surface area contributed by atoms with Crippen molar-refractivity contribution >= 4 is 23.5 Å². The van der Waals surface area contributed by atoms with Crippen LogP contribution in [0.2, 0.25) is 0 Å². The van der Waals surface area contributed by atoms with Gasteiger partial charge in [0.2, 0.25) is 5.91 Å². The Morgan fingerprint density at radius 2 is 1.76 bits per heavy atom. The summed E-state index contributed by atoms with van der Waals surface area (Å²) < 4.78 is 12.9. The average Bonchev–Trinajstić information content (AvgIpc) is 2.91. The number of urea groups is 1. The van der Waals surface area contributed by atoms with Crippen molar-refractivity contribution in [3.05, 3.63) is 66.0 Å². The molecule has 2 unspecified atom stereocenters. The van der Waals surface area contributed by atoms with Crippen molar-refractivity contribution in [2.24, 2.45) is 0 Å². The Kier molecular flexibility index (Phi) is 4.47. The minimum absolute atomic E-state index is 0.380. The molecule has 1 aliphatic rings. The van der Waals surface area contributed by atoms with Gasteiger partial charge in [0.05, 0.1) is 0 Å². The molecule has 0 saturated carbocycles. The lowest BCUT2D eigenvalue weighted by Gasteiger charge is -2.21. The van der Waals surface area contributed by atoms with Gasteiger partial charge in [-0.2, -0.15) is 0 Å². The molecule has 4 amide bonds. The van der Waals surface area contributed by atoms with Crippen molar-refractivity contribution in [1.29, 1.82) is 0 Å². The summed E-state index contributed by atoms with van der Waals surface area (Å²) in [5.74, 6) is -1.45. The van der Waals surface area contributed by atoms with Crippen LogP contribution in [-0.2, 0) is 9.59 Å². The van der Waals surface area contributed by atoms with E-state index in [9.17, 15) is 18.8 Å². The van der Waals surface area contributed by atoms with Crippen LogP contribution in [0.15, 0.2) is 54.6 Å². The number of amides is 4. The van der Waals surface area contributed by atoms with Gasteiger partial charge in [-0.25, -0.2) is 14.1 Å². The predicted molar refractivity (Wildman–Crippen MR) is 89.1 cm³/mol. The number of hydrogen-bond donors (Lipinski definition) is 2. The largest absolute Gasteiger partial charge is 0.325 e. The van der Waals surface area contributed by atoms with Gasteiger partial charge in [0.1, 0.15) is 17.9 Å². The van der Waals surface area contributed by atoms with Crippen LogP contribution in [0.3, 0.4) is 0 Å². The lowest BCUT2D eigenvalue weighted by Crippen LogP contribution is -2.45. The Labute approximate surface area is 143 Å². The maximum Gasteiger partial charge on any atom is 0.325 e. The summed E-state index contributed by atoms with van der Waals surface area (Å²) in [7, 11) is 0. The molecule has 1 aliphatic heterocycles. The number of nitrogens with one attached hydrogen (secondary N) is 2. The SMILES string of the molecule is CC(C(=O)Nc1ccc(F)cc1)N1C(=O)NC(c2ccccc2)C1=O. The first-order valence-corrected chi connectivity index (χ1v) is 7.72. The van der Waals surface area contributed by atoms with Crippen LogP contribution in [0.5, 0.6) is 0 Å². The van der Waals surface area contributed by atoms with Crippen molar-refractivity contribution in [2.45, 2.75) is 19.0 Å². The molecule has 0 spiro atoms. The summed E-state index contributed by atoms with van der Waals surface area (Å²) in [4.78, 5) is 38.0. The topological polar surface area (TPSA) is 78.5 Å². The molecule has 128 valence electrons. The van der Waals surface area contributed by atoms with Gasteiger partial charge in [-0.3, -0.25) is 9.59 Å². The smallest absolute Gasteiger partial charge is 0.324 e. The van der Waals surface area contributed by atoms with Crippen molar-refractivity contribution in [1.82, 2.24) is 10.2 Å². The molecule has 2 N–H and O–H groups in total. The lowest BCUT2D eigenvalue weighted by atomic mass is 10.1. The van der Waals surface area contributed by atoms with Crippen LogP contribution in [0.25, 0.3) is 0 Å². The first-order chi connectivity index (χ1) is 12.0. The molecule has 2 aromatic rings. The van der Waals surface area contributed by atoms with Gasteiger partial charge in [-0.05, 0) is 36.8 Å².